The maximum Gasteiger partial charge on any atom is 0.301 e. The number of anilines is 1. The molecule has 0 saturated carbocycles. The lowest BCUT2D eigenvalue weighted by molar-refractivity contribution is -0.132. The predicted molar refractivity (Wildman–Crippen MR) is 163 cm³/mol. The van der Waals surface area contributed by atoms with E-state index in [0.29, 0.717) is 41.0 Å². The lowest BCUT2D eigenvalue weighted by atomic mass is 9.95. The molecule has 1 amide bonds. The number of aliphatic hydroxyl groups is 1. The molecule has 41 heavy (non-hydrogen) atoms. The number of amides is 1. The Balaban J connectivity index is 1.64. The number of aryl methyl sites for hydroxylation is 2. The monoisotopic (exact) mass is 570 g/mol. The fourth-order valence-corrected chi connectivity index (χ4v) is 6.17. The number of carbonyl (C=O) groups is 2. The van der Waals surface area contributed by atoms with Crippen LogP contribution in [0.4, 0.5) is 5.13 Å². The maximum absolute atomic E-state index is 13.7. The molecule has 1 aliphatic rings. The number of ether oxygens (including phenoxy) is 2. The van der Waals surface area contributed by atoms with Crippen LogP contribution in [-0.4, -0.2) is 35.0 Å². The number of unbranched alkanes of at least 4 members (excludes halogenated alkanes) is 1. The van der Waals surface area contributed by atoms with Crippen molar-refractivity contribution in [3.63, 3.8) is 0 Å². The Hall–Kier alpha value is -4.17. The summed E-state index contributed by atoms with van der Waals surface area (Å²) in [5.74, 6) is -0.441. The molecule has 0 spiro atoms. The van der Waals surface area contributed by atoms with Crippen molar-refractivity contribution in [2.45, 2.75) is 53.0 Å². The second-order valence-corrected chi connectivity index (χ2v) is 11.3. The number of carbonyl (C=O) groups excluding carboxylic acids is 2. The molecule has 0 aliphatic carbocycles. The smallest absolute Gasteiger partial charge is 0.301 e. The molecule has 1 aliphatic heterocycles. The van der Waals surface area contributed by atoms with E-state index in [4.69, 9.17) is 14.5 Å². The van der Waals surface area contributed by atoms with Crippen LogP contribution in [-0.2, 0) is 9.59 Å². The number of aliphatic hydroxyl groups excluding tert-OH is 1. The third-order valence-corrected chi connectivity index (χ3v) is 8.01. The Morgan fingerprint density at radius 1 is 0.951 bits per heavy atom. The highest BCUT2D eigenvalue weighted by Gasteiger charge is 2.48. The minimum absolute atomic E-state index is 0.00935. The van der Waals surface area contributed by atoms with E-state index in [1.807, 2.05) is 57.2 Å². The summed E-state index contributed by atoms with van der Waals surface area (Å²) in [5.41, 5.74) is 3.95. The Bertz CT molecular complexity index is 1620. The first-order chi connectivity index (χ1) is 19.8. The summed E-state index contributed by atoms with van der Waals surface area (Å²) in [7, 11) is 0. The van der Waals surface area contributed by atoms with Crippen molar-refractivity contribution in [1.29, 1.82) is 0 Å². The molecule has 7 nitrogen and oxygen atoms in total. The molecule has 1 N–H and O–H groups in total. The molecule has 0 radical (unpaired) electrons. The van der Waals surface area contributed by atoms with Crippen LogP contribution in [0.25, 0.3) is 16.0 Å². The molecule has 1 aromatic heterocycles. The summed E-state index contributed by atoms with van der Waals surface area (Å²) < 4.78 is 12.5. The van der Waals surface area contributed by atoms with Crippen molar-refractivity contribution in [1.82, 2.24) is 4.98 Å². The summed E-state index contributed by atoms with van der Waals surface area (Å²) in [6, 6.07) is 17.4. The van der Waals surface area contributed by atoms with E-state index in [1.54, 1.807) is 24.3 Å². The van der Waals surface area contributed by atoms with Crippen molar-refractivity contribution >= 4 is 44.1 Å². The number of benzene rings is 3. The van der Waals surface area contributed by atoms with Gasteiger partial charge in [-0.25, -0.2) is 4.98 Å². The van der Waals surface area contributed by atoms with Gasteiger partial charge in [-0.3, -0.25) is 14.5 Å². The van der Waals surface area contributed by atoms with Gasteiger partial charge in [-0.05, 0) is 85.8 Å². The maximum atomic E-state index is 13.7. The number of hydrogen-bond donors (Lipinski definition) is 1. The van der Waals surface area contributed by atoms with E-state index in [2.05, 4.69) is 6.92 Å². The number of rotatable bonds is 10. The average Bonchev–Trinajstić information content (AvgIpc) is 3.50. The van der Waals surface area contributed by atoms with Crippen molar-refractivity contribution in [2.24, 2.45) is 0 Å². The summed E-state index contributed by atoms with van der Waals surface area (Å²) in [6.07, 6.45) is 2.78. The van der Waals surface area contributed by atoms with Gasteiger partial charge in [0.25, 0.3) is 5.78 Å². The highest BCUT2D eigenvalue weighted by molar-refractivity contribution is 7.22. The quantitative estimate of drug-likeness (QED) is 0.0919. The van der Waals surface area contributed by atoms with Crippen LogP contribution in [0.3, 0.4) is 0 Å². The second-order valence-electron chi connectivity index (χ2n) is 10.2. The lowest BCUT2D eigenvalue weighted by Crippen LogP contribution is -2.29. The van der Waals surface area contributed by atoms with E-state index in [1.165, 1.54) is 16.2 Å². The second kappa shape index (κ2) is 12.1. The van der Waals surface area contributed by atoms with E-state index in [9.17, 15) is 14.7 Å². The molecule has 3 aromatic carbocycles. The summed E-state index contributed by atoms with van der Waals surface area (Å²) in [5, 5.41) is 11.9. The van der Waals surface area contributed by atoms with Crippen molar-refractivity contribution in [3.8, 4) is 11.5 Å². The van der Waals surface area contributed by atoms with Gasteiger partial charge in [-0.1, -0.05) is 49.8 Å². The zero-order valence-corrected chi connectivity index (χ0v) is 24.6. The first-order valence-corrected chi connectivity index (χ1v) is 14.8. The zero-order valence-electron chi connectivity index (χ0n) is 23.8. The van der Waals surface area contributed by atoms with E-state index >= 15 is 0 Å². The fraction of sp³-hybridized carbons (Fsp3) is 0.303. The third kappa shape index (κ3) is 5.70. The van der Waals surface area contributed by atoms with Gasteiger partial charge < -0.3 is 14.6 Å². The molecular formula is C33H34N2O5S. The lowest BCUT2D eigenvalue weighted by Gasteiger charge is -2.23. The summed E-state index contributed by atoms with van der Waals surface area (Å²) in [6.45, 7) is 9.25. The van der Waals surface area contributed by atoms with Crippen LogP contribution in [0.1, 0.15) is 61.4 Å². The number of thiazole rings is 1. The average molecular weight is 571 g/mol. The van der Waals surface area contributed by atoms with Crippen LogP contribution in [0.5, 0.6) is 11.5 Å². The van der Waals surface area contributed by atoms with Gasteiger partial charge in [0.2, 0.25) is 0 Å². The molecule has 1 fully saturated rings. The van der Waals surface area contributed by atoms with Crippen LogP contribution in [0.15, 0.2) is 66.2 Å². The van der Waals surface area contributed by atoms with Gasteiger partial charge in [0.05, 0.1) is 35.0 Å². The molecule has 8 heteroatoms. The van der Waals surface area contributed by atoms with Gasteiger partial charge in [-0.2, -0.15) is 0 Å². The van der Waals surface area contributed by atoms with E-state index in [-0.39, 0.29) is 11.3 Å². The number of ketones is 1. The fourth-order valence-electron chi connectivity index (χ4n) is 5.00. The van der Waals surface area contributed by atoms with Crippen LogP contribution >= 0.6 is 11.3 Å². The SMILES string of the molecule is CCCCOc1cccc(C2/C(=C(\O)c3ccc(OCCC)cc3)C(=O)C(=O)N2c2nc3c(C)cc(C)cc3s2)c1. The van der Waals surface area contributed by atoms with Crippen LogP contribution < -0.4 is 14.4 Å². The molecule has 2 heterocycles. The Morgan fingerprint density at radius 3 is 2.44 bits per heavy atom. The van der Waals surface area contributed by atoms with Gasteiger partial charge >= 0.3 is 5.91 Å². The molecule has 5 rings (SSSR count). The van der Waals surface area contributed by atoms with Gasteiger partial charge in [0, 0.05) is 5.56 Å². The molecule has 1 unspecified atom stereocenters. The molecule has 212 valence electrons. The highest BCUT2D eigenvalue weighted by atomic mass is 32.1. The van der Waals surface area contributed by atoms with Crippen molar-refractivity contribution in [2.75, 3.05) is 18.1 Å². The summed E-state index contributed by atoms with van der Waals surface area (Å²) in [4.78, 5) is 33.5. The molecule has 4 aromatic rings. The van der Waals surface area contributed by atoms with E-state index < -0.39 is 17.7 Å². The minimum Gasteiger partial charge on any atom is -0.507 e. The van der Waals surface area contributed by atoms with Crippen molar-refractivity contribution < 1.29 is 24.2 Å². The highest BCUT2D eigenvalue weighted by Crippen LogP contribution is 2.45. The van der Waals surface area contributed by atoms with Crippen LogP contribution in [0.2, 0.25) is 0 Å². The van der Waals surface area contributed by atoms with Crippen LogP contribution in [0, 0.1) is 13.8 Å². The normalized spacial score (nSPS) is 16.5. The number of nitrogens with zero attached hydrogens (tertiary/aromatic N) is 2. The van der Waals surface area contributed by atoms with Gasteiger partial charge in [0.15, 0.2) is 5.13 Å². The topological polar surface area (TPSA) is 89.0 Å². The van der Waals surface area contributed by atoms with Gasteiger partial charge in [-0.15, -0.1) is 0 Å². The molecule has 0 bridgehead atoms. The minimum atomic E-state index is -0.886. The first-order valence-electron chi connectivity index (χ1n) is 14.0. The largest absolute Gasteiger partial charge is 0.507 e. The van der Waals surface area contributed by atoms with E-state index in [0.717, 1.165) is 40.6 Å². The number of Topliss-reactive ketones (excluding diaryl/α,β-unsaturated/α-hetero) is 1. The zero-order chi connectivity index (χ0) is 29.1. The Kier molecular flexibility index (Phi) is 8.40. The standard InChI is InChI=1S/C33H34N2O5S/c1-5-7-16-40-25-10-8-9-23(19-25)29-27(30(36)22-11-13-24(14-12-22)39-15-6-2)31(37)32(38)35(29)33-34-28-21(4)17-20(3)18-26(28)41-33/h8-14,17-19,29,36H,5-7,15-16H2,1-4H3/b30-27+. The molecular weight excluding hydrogens is 536 g/mol. The molecule has 1 atom stereocenters. The number of hydrogen-bond acceptors (Lipinski definition) is 7. The Labute approximate surface area is 244 Å². The first kappa shape index (κ1) is 28.4. The Morgan fingerprint density at radius 2 is 1.71 bits per heavy atom. The number of aromatic nitrogens is 1. The van der Waals surface area contributed by atoms with Crippen molar-refractivity contribution in [3.05, 3.63) is 88.5 Å². The molecule has 1 saturated heterocycles. The predicted octanol–water partition coefficient (Wildman–Crippen LogP) is 7.51. The number of fused-ring (bicyclic) bond motifs is 1. The third-order valence-electron chi connectivity index (χ3n) is 7.01. The van der Waals surface area contributed by atoms with Gasteiger partial charge in [0.1, 0.15) is 17.3 Å². The summed E-state index contributed by atoms with van der Waals surface area (Å²) >= 11 is 1.36.